The summed E-state index contributed by atoms with van der Waals surface area (Å²) in [6.07, 6.45) is 1.17. The zero-order valence-electron chi connectivity index (χ0n) is 10.0. The Bertz CT molecular complexity index is 471. The number of hydrogen-bond donors (Lipinski definition) is 1. The van der Waals surface area contributed by atoms with Crippen LogP contribution in [0.5, 0.6) is 0 Å². The molecule has 0 unspecified atom stereocenters. The summed E-state index contributed by atoms with van der Waals surface area (Å²) in [5, 5.41) is 4.52. The molecule has 2 heterocycles. The lowest BCUT2D eigenvalue weighted by atomic mass is 10.1. The van der Waals surface area contributed by atoms with Crippen molar-refractivity contribution < 1.29 is 0 Å². The Balaban J connectivity index is 1.93. The Morgan fingerprint density at radius 1 is 1.41 bits per heavy atom. The van der Waals surface area contributed by atoms with Gasteiger partial charge < -0.3 is 10.2 Å². The molecule has 0 atom stereocenters. The third-order valence-corrected chi connectivity index (χ3v) is 4.27. The lowest BCUT2D eigenvalue weighted by Gasteiger charge is -2.38. The van der Waals surface area contributed by atoms with Crippen LogP contribution in [0.1, 0.15) is 13.3 Å². The Morgan fingerprint density at radius 3 is 2.88 bits per heavy atom. The SMILES string of the molecule is CCCN(c1nc2ccccc2s1)C1CNC1. The van der Waals surface area contributed by atoms with Crippen molar-refractivity contribution in [1.29, 1.82) is 0 Å². The minimum absolute atomic E-state index is 0.635. The van der Waals surface area contributed by atoms with E-state index in [0.717, 1.165) is 25.2 Å². The molecule has 3 rings (SSSR count). The molecule has 2 aromatic rings. The summed E-state index contributed by atoms with van der Waals surface area (Å²) in [7, 11) is 0. The highest BCUT2D eigenvalue weighted by Gasteiger charge is 2.26. The normalized spacial score (nSPS) is 16.1. The van der Waals surface area contributed by atoms with Crippen molar-refractivity contribution >= 4 is 26.7 Å². The highest BCUT2D eigenvalue weighted by atomic mass is 32.1. The summed E-state index contributed by atoms with van der Waals surface area (Å²) >= 11 is 1.81. The number of aromatic nitrogens is 1. The molecule has 90 valence electrons. The van der Waals surface area contributed by atoms with Gasteiger partial charge in [0.1, 0.15) is 0 Å². The summed E-state index contributed by atoms with van der Waals surface area (Å²) in [5.41, 5.74) is 1.13. The molecule has 1 N–H and O–H groups in total. The largest absolute Gasteiger partial charge is 0.343 e. The van der Waals surface area contributed by atoms with E-state index in [0.29, 0.717) is 6.04 Å². The van der Waals surface area contributed by atoms with E-state index < -0.39 is 0 Å². The Kier molecular flexibility index (Phi) is 2.99. The Morgan fingerprint density at radius 2 is 2.24 bits per heavy atom. The second-order valence-electron chi connectivity index (χ2n) is 4.47. The molecule has 4 heteroatoms. The van der Waals surface area contributed by atoms with Crippen molar-refractivity contribution in [3.05, 3.63) is 24.3 Å². The number of hydrogen-bond acceptors (Lipinski definition) is 4. The van der Waals surface area contributed by atoms with Crippen LogP contribution in [0.2, 0.25) is 0 Å². The molecule has 0 saturated carbocycles. The zero-order valence-corrected chi connectivity index (χ0v) is 10.8. The summed E-state index contributed by atoms with van der Waals surface area (Å²) in [5.74, 6) is 0. The topological polar surface area (TPSA) is 28.2 Å². The standard InChI is InChI=1S/C13H17N3S/c1-2-7-16(10-8-14-9-10)13-15-11-5-3-4-6-12(11)17-13/h3-6,10,14H,2,7-9H2,1H3. The molecule has 1 fully saturated rings. The highest BCUT2D eigenvalue weighted by Crippen LogP contribution is 2.30. The first-order valence-corrected chi connectivity index (χ1v) is 7.03. The van der Waals surface area contributed by atoms with Crippen LogP contribution in [0.25, 0.3) is 10.2 Å². The smallest absolute Gasteiger partial charge is 0.186 e. The molecule has 1 aromatic carbocycles. The van der Waals surface area contributed by atoms with Crippen LogP contribution in [-0.4, -0.2) is 30.7 Å². The van der Waals surface area contributed by atoms with Crippen LogP contribution in [-0.2, 0) is 0 Å². The highest BCUT2D eigenvalue weighted by molar-refractivity contribution is 7.22. The molecule has 1 aliphatic heterocycles. The number of para-hydroxylation sites is 1. The van der Waals surface area contributed by atoms with Gasteiger partial charge in [0, 0.05) is 19.6 Å². The average molecular weight is 247 g/mol. The van der Waals surface area contributed by atoms with Crippen LogP contribution in [0.15, 0.2) is 24.3 Å². The first kappa shape index (κ1) is 11.0. The molecule has 0 amide bonds. The van der Waals surface area contributed by atoms with Crippen molar-refractivity contribution in [1.82, 2.24) is 10.3 Å². The van der Waals surface area contributed by atoms with Crippen LogP contribution in [0.4, 0.5) is 5.13 Å². The molecular formula is C13H17N3S. The number of benzene rings is 1. The summed E-state index contributed by atoms with van der Waals surface area (Å²) in [4.78, 5) is 7.21. The van der Waals surface area contributed by atoms with Gasteiger partial charge in [0.2, 0.25) is 0 Å². The maximum atomic E-state index is 4.75. The van der Waals surface area contributed by atoms with Crippen molar-refractivity contribution in [2.24, 2.45) is 0 Å². The fourth-order valence-corrected chi connectivity index (χ4v) is 3.22. The fourth-order valence-electron chi connectivity index (χ4n) is 2.15. The van der Waals surface area contributed by atoms with E-state index in [1.807, 2.05) is 11.3 Å². The van der Waals surface area contributed by atoms with E-state index in [9.17, 15) is 0 Å². The van der Waals surface area contributed by atoms with Crippen molar-refractivity contribution in [2.45, 2.75) is 19.4 Å². The first-order chi connectivity index (χ1) is 8.38. The van der Waals surface area contributed by atoms with Crippen molar-refractivity contribution in [2.75, 3.05) is 24.5 Å². The van der Waals surface area contributed by atoms with Gasteiger partial charge in [0.05, 0.1) is 16.3 Å². The van der Waals surface area contributed by atoms with Gasteiger partial charge in [-0.05, 0) is 18.6 Å². The van der Waals surface area contributed by atoms with Crippen LogP contribution in [0, 0.1) is 0 Å². The van der Waals surface area contributed by atoms with E-state index >= 15 is 0 Å². The number of anilines is 1. The molecule has 0 aliphatic carbocycles. The number of nitrogens with zero attached hydrogens (tertiary/aromatic N) is 2. The predicted molar refractivity (Wildman–Crippen MR) is 73.9 cm³/mol. The Hall–Kier alpha value is -1.13. The van der Waals surface area contributed by atoms with Gasteiger partial charge in [-0.3, -0.25) is 0 Å². The van der Waals surface area contributed by atoms with Gasteiger partial charge in [-0.2, -0.15) is 0 Å². The molecule has 17 heavy (non-hydrogen) atoms. The van der Waals surface area contributed by atoms with Crippen LogP contribution >= 0.6 is 11.3 Å². The average Bonchev–Trinajstić information content (AvgIpc) is 2.69. The number of thiazole rings is 1. The van der Waals surface area contributed by atoms with E-state index in [2.05, 4.69) is 41.4 Å². The summed E-state index contributed by atoms with van der Waals surface area (Å²) in [6, 6.07) is 9.02. The molecule has 1 saturated heterocycles. The quantitative estimate of drug-likeness (QED) is 0.899. The minimum atomic E-state index is 0.635. The van der Waals surface area contributed by atoms with E-state index in [-0.39, 0.29) is 0 Å². The van der Waals surface area contributed by atoms with Crippen molar-refractivity contribution in [3.8, 4) is 0 Å². The first-order valence-electron chi connectivity index (χ1n) is 6.21. The fraction of sp³-hybridized carbons (Fsp3) is 0.462. The third-order valence-electron chi connectivity index (χ3n) is 3.19. The van der Waals surface area contributed by atoms with Gasteiger partial charge >= 0.3 is 0 Å². The summed E-state index contributed by atoms with van der Waals surface area (Å²) < 4.78 is 1.29. The molecule has 1 aromatic heterocycles. The molecule has 3 nitrogen and oxygen atoms in total. The third kappa shape index (κ3) is 2.03. The number of nitrogens with one attached hydrogen (secondary N) is 1. The molecule has 0 radical (unpaired) electrons. The molecule has 1 aliphatic rings. The maximum Gasteiger partial charge on any atom is 0.186 e. The van der Waals surface area contributed by atoms with E-state index in [1.54, 1.807) is 0 Å². The number of fused-ring (bicyclic) bond motifs is 1. The maximum absolute atomic E-state index is 4.75. The monoisotopic (exact) mass is 247 g/mol. The second-order valence-corrected chi connectivity index (χ2v) is 5.48. The number of rotatable bonds is 4. The van der Waals surface area contributed by atoms with Gasteiger partial charge in [-0.1, -0.05) is 30.4 Å². The molecule has 0 spiro atoms. The van der Waals surface area contributed by atoms with Gasteiger partial charge in [0.15, 0.2) is 5.13 Å². The van der Waals surface area contributed by atoms with Crippen molar-refractivity contribution in [3.63, 3.8) is 0 Å². The van der Waals surface area contributed by atoms with Gasteiger partial charge in [-0.25, -0.2) is 4.98 Å². The Labute approximate surface area is 105 Å². The van der Waals surface area contributed by atoms with Crippen LogP contribution < -0.4 is 10.2 Å². The van der Waals surface area contributed by atoms with E-state index in [1.165, 1.54) is 16.3 Å². The van der Waals surface area contributed by atoms with E-state index in [4.69, 9.17) is 4.98 Å². The van der Waals surface area contributed by atoms with Gasteiger partial charge in [-0.15, -0.1) is 0 Å². The van der Waals surface area contributed by atoms with Gasteiger partial charge in [0.25, 0.3) is 0 Å². The summed E-state index contributed by atoms with van der Waals surface area (Å²) in [6.45, 7) is 5.52. The molecule has 0 bridgehead atoms. The van der Waals surface area contributed by atoms with Crippen LogP contribution in [0.3, 0.4) is 0 Å². The molecular weight excluding hydrogens is 230 g/mol. The zero-order chi connectivity index (χ0) is 11.7. The minimum Gasteiger partial charge on any atom is -0.343 e. The lowest BCUT2D eigenvalue weighted by molar-refractivity contribution is 0.412. The lowest BCUT2D eigenvalue weighted by Crippen LogP contribution is -2.57. The predicted octanol–water partition coefficient (Wildman–Crippen LogP) is 2.48. The second kappa shape index (κ2) is 4.63.